The van der Waals surface area contributed by atoms with Gasteiger partial charge in [0.2, 0.25) is 5.91 Å². The lowest BCUT2D eigenvalue weighted by molar-refractivity contribution is -0.138. The van der Waals surface area contributed by atoms with Crippen molar-refractivity contribution in [1.29, 1.82) is 5.26 Å². The lowest BCUT2D eigenvalue weighted by Crippen LogP contribution is -2.54. The summed E-state index contributed by atoms with van der Waals surface area (Å²) >= 11 is 5.64. The number of thiocarbonyl (C=S) groups is 1. The predicted molar refractivity (Wildman–Crippen MR) is 164 cm³/mol. The minimum atomic E-state index is -4.51. The van der Waals surface area contributed by atoms with Gasteiger partial charge >= 0.3 is 6.18 Å². The van der Waals surface area contributed by atoms with Crippen molar-refractivity contribution in [2.24, 2.45) is 0 Å². The first-order valence-corrected chi connectivity index (χ1v) is 14.3. The van der Waals surface area contributed by atoms with E-state index in [-0.39, 0.29) is 31.0 Å². The fourth-order valence-corrected chi connectivity index (χ4v) is 4.90. The zero-order valence-corrected chi connectivity index (χ0v) is 25.7. The number of carbonyl (C=O) groups is 1. The largest absolute Gasteiger partial charge is 0.416 e. The molecule has 1 aromatic heterocycles. The Morgan fingerprint density at radius 1 is 1.12 bits per heavy atom. The highest BCUT2D eigenvalue weighted by atomic mass is 32.1. The van der Waals surface area contributed by atoms with Gasteiger partial charge in [-0.1, -0.05) is 30.3 Å². The Morgan fingerprint density at radius 2 is 1.81 bits per heavy atom. The molecule has 3 rings (SSSR count). The molecule has 0 aliphatic rings. The average molecular weight is 614 g/mol. The van der Waals surface area contributed by atoms with Crippen LogP contribution in [0.1, 0.15) is 48.2 Å². The summed E-state index contributed by atoms with van der Waals surface area (Å²) in [6.45, 7) is 5.60. The maximum atomic E-state index is 13.8. The molecule has 0 radical (unpaired) electrons. The number of carbonyl (C=O) groups excluding carboxylic acids is 1. The summed E-state index contributed by atoms with van der Waals surface area (Å²) in [5.74, 6) is -0.257. The second kappa shape index (κ2) is 15.0. The molecule has 0 fully saturated rings. The minimum Gasteiger partial charge on any atom is -0.363 e. The van der Waals surface area contributed by atoms with Crippen LogP contribution in [-0.2, 0) is 30.5 Å². The number of hydrogen-bond donors (Lipinski definition) is 2. The van der Waals surface area contributed by atoms with Gasteiger partial charge in [-0.15, -0.1) is 0 Å². The SMILES string of the molecule is CN(C)CCCNC(=S)N(Cc1ccccc1C(F)(F)F)CC(C)(C)NC(=O)Cc1cncn1Cc1ccc(C#N)cc1. The molecule has 0 aliphatic heterocycles. The molecule has 0 atom stereocenters. The molecule has 1 heterocycles. The summed E-state index contributed by atoms with van der Waals surface area (Å²) < 4.78 is 43.2. The standard InChI is InChI=1S/C31H38F3N7OS/c1-30(2,38-28(42)16-26-18-36-22-41(26)19-24-12-10-23(17-35)11-13-24)21-40(29(43)37-14-7-15-39(3)4)20-25-8-5-6-9-27(25)31(32,33)34/h5-6,8-13,18,22H,7,14-16,19-21H2,1-4H3,(H,37,43)(H,38,42). The van der Waals surface area contributed by atoms with Crippen LogP contribution in [0.4, 0.5) is 13.2 Å². The van der Waals surface area contributed by atoms with E-state index in [0.717, 1.165) is 24.6 Å². The van der Waals surface area contributed by atoms with Gasteiger partial charge in [-0.05, 0) is 82.5 Å². The summed E-state index contributed by atoms with van der Waals surface area (Å²) in [7, 11) is 3.92. The number of aromatic nitrogens is 2. The molecule has 8 nitrogen and oxygen atoms in total. The molecule has 0 spiro atoms. The Kier molecular flexibility index (Phi) is 11.7. The molecule has 12 heteroatoms. The number of rotatable bonds is 13. The monoisotopic (exact) mass is 613 g/mol. The smallest absolute Gasteiger partial charge is 0.363 e. The van der Waals surface area contributed by atoms with Crippen molar-refractivity contribution in [2.45, 2.75) is 51.5 Å². The molecule has 0 aliphatic carbocycles. The van der Waals surface area contributed by atoms with Crippen LogP contribution in [0, 0.1) is 11.3 Å². The van der Waals surface area contributed by atoms with Gasteiger partial charge < -0.3 is 25.0 Å². The number of benzene rings is 2. The zero-order valence-electron chi connectivity index (χ0n) is 24.9. The first-order valence-electron chi connectivity index (χ1n) is 13.9. The number of hydrogen-bond acceptors (Lipinski definition) is 5. The van der Waals surface area contributed by atoms with Crippen LogP contribution in [0.15, 0.2) is 61.1 Å². The van der Waals surface area contributed by atoms with E-state index in [1.54, 1.807) is 35.6 Å². The summed E-state index contributed by atoms with van der Waals surface area (Å²) in [6, 6.07) is 14.7. The predicted octanol–water partition coefficient (Wildman–Crippen LogP) is 4.59. The van der Waals surface area contributed by atoms with Crippen molar-refractivity contribution >= 4 is 23.2 Å². The third-order valence-corrected chi connectivity index (χ3v) is 7.07. The fourth-order valence-electron chi connectivity index (χ4n) is 4.66. The van der Waals surface area contributed by atoms with Crippen molar-refractivity contribution in [2.75, 3.05) is 33.7 Å². The van der Waals surface area contributed by atoms with Gasteiger partial charge in [0, 0.05) is 38.1 Å². The molecule has 0 unspecified atom stereocenters. The maximum Gasteiger partial charge on any atom is 0.416 e. The van der Waals surface area contributed by atoms with Gasteiger partial charge in [0.05, 0.1) is 35.5 Å². The number of imidazole rings is 1. The van der Waals surface area contributed by atoms with E-state index in [4.69, 9.17) is 17.5 Å². The van der Waals surface area contributed by atoms with Gasteiger partial charge in [0.15, 0.2) is 5.11 Å². The van der Waals surface area contributed by atoms with E-state index < -0.39 is 17.3 Å². The second-order valence-electron chi connectivity index (χ2n) is 11.3. The van der Waals surface area contributed by atoms with E-state index >= 15 is 0 Å². The van der Waals surface area contributed by atoms with Gasteiger partial charge in [-0.3, -0.25) is 4.79 Å². The average Bonchev–Trinajstić information content (AvgIpc) is 3.36. The number of alkyl halides is 3. The van der Waals surface area contributed by atoms with Crippen molar-refractivity contribution in [3.05, 3.63) is 89.0 Å². The number of halogens is 3. The molecule has 0 saturated heterocycles. The normalized spacial score (nSPS) is 11.7. The molecule has 3 aromatic rings. The van der Waals surface area contributed by atoms with E-state index in [1.807, 2.05) is 49.5 Å². The summed E-state index contributed by atoms with van der Waals surface area (Å²) in [4.78, 5) is 21.1. The number of nitrogens with zero attached hydrogens (tertiary/aromatic N) is 5. The number of nitriles is 1. The van der Waals surface area contributed by atoms with Gasteiger partial charge in [0.1, 0.15) is 0 Å². The summed E-state index contributed by atoms with van der Waals surface area (Å²) in [5.41, 5.74) is 0.772. The topological polar surface area (TPSA) is 89.2 Å². The molecular weight excluding hydrogens is 575 g/mol. The van der Waals surface area contributed by atoms with Crippen LogP contribution in [0.5, 0.6) is 0 Å². The molecule has 1 amide bonds. The Balaban J connectivity index is 1.71. The first-order chi connectivity index (χ1) is 20.3. The van der Waals surface area contributed by atoms with Crippen molar-refractivity contribution in [3.8, 4) is 6.07 Å². The number of nitrogens with one attached hydrogen (secondary N) is 2. The van der Waals surface area contributed by atoms with Crippen LogP contribution >= 0.6 is 12.2 Å². The quantitative estimate of drug-likeness (QED) is 0.215. The zero-order chi connectivity index (χ0) is 31.6. The molecule has 43 heavy (non-hydrogen) atoms. The fraction of sp³-hybridized carbons (Fsp3) is 0.419. The molecule has 2 aromatic carbocycles. The van der Waals surface area contributed by atoms with Crippen LogP contribution in [-0.4, -0.2) is 69.6 Å². The van der Waals surface area contributed by atoms with Crippen molar-refractivity contribution in [3.63, 3.8) is 0 Å². The lowest BCUT2D eigenvalue weighted by atomic mass is 10.0. The number of amides is 1. The van der Waals surface area contributed by atoms with Crippen LogP contribution < -0.4 is 10.6 Å². The Bertz CT molecular complexity index is 1410. The molecule has 0 saturated carbocycles. The third kappa shape index (κ3) is 10.7. The van der Waals surface area contributed by atoms with Crippen LogP contribution in [0.3, 0.4) is 0 Å². The van der Waals surface area contributed by atoms with Crippen molar-refractivity contribution in [1.82, 2.24) is 30.0 Å². The van der Waals surface area contributed by atoms with E-state index in [2.05, 4.69) is 21.7 Å². The molecule has 230 valence electrons. The van der Waals surface area contributed by atoms with E-state index in [0.29, 0.717) is 29.5 Å². The highest BCUT2D eigenvalue weighted by Gasteiger charge is 2.34. The molecular formula is C31H38F3N7OS. The van der Waals surface area contributed by atoms with Crippen molar-refractivity contribution < 1.29 is 18.0 Å². The molecule has 2 N–H and O–H groups in total. The summed E-state index contributed by atoms with van der Waals surface area (Å²) in [6.07, 6.45) is -0.372. The van der Waals surface area contributed by atoms with Gasteiger partial charge in [-0.25, -0.2) is 4.98 Å². The third-order valence-electron chi connectivity index (χ3n) is 6.67. The Labute approximate surface area is 256 Å². The summed E-state index contributed by atoms with van der Waals surface area (Å²) in [5, 5.41) is 15.5. The molecule has 0 bridgehead atoms. The van der Waals surface area contributed by atoms with Gasteiger partial charge in [0.25, 0.3) is 0 Å². The minimum absolute atomic E-state index is 0.0594. The van der Waals surface area contributed by atoms with E-state index in [9.17, 15) is 18.0 Å². The maximum absolute atomic E-state index is 13.8. The van der Waals surface area contributed by atoms with Crippen LogP contribution in [0.2, 0.25) is 0 Å². The first kappa shape index (κ1) is 33.6. The lowest BCUT2D eigenvalue weighted by Gasteiger charge is -2.35. The highest BCUT2D eigenvalue weighted by molar-refractivity contribution is 7.80. The van der Waals surface area contributed by atoms with Gasteiger partial charge in [-0.2, -0.15) is 18.4 Å². The Hall–Kier alpha value is -3.95. The Morgan fingerprint density at radius 3 is 2.47 bits per heavy atom. The van der Waals surface area contributed by atoms with Crippen LogP contribution in [0.25, 0.3) is 0 Å². The van der Waals surface area contributed by atoms with E-state index in [1.165, 1.54) is 12.1 Å². The second-order valence-corrected chi connectivity index (χ2v) is 11.7. The highest BCUT2D eigenvalue weighted by Crippen LogP contribution is 2.32.